The number of amides is 1. The molecule has 2 aliphatic heterocycles. The van der Waals surface area contributed by atoms with Crippen molar-refractivity contribution in [2.45, 2.75) is 25.0 Å². The van der Waals surface area contributed by atoms with Crippen LogP contribution < -0.4 is 16.0 Å². The highest BCUT2D eigenvalue weighted by molar-refractivity contribution is 5.86. The van der Waals surface area contributed by atoms with E-state index in [-0.39, 0.29) is 55.3 Å². The number of aromatic nitrogens is 2. The molecule has 0 spiro atoms. The Kier molecular flexibility index (Phi) is 12.9. The number of ether oxygens (including phenoxy) is 1. The number of nitrogens with one attached hydrogen (secondary N) is 1. The molecule has 0 radical (unpaired) electrons. The average molecular weight is 444 g/mol. The summed E-state index contributed by atoms with van der Waals surface area (Å²) >= 11 is 0. The first-order valence-corrected chi connectivity index (χ1v) is 8.64. The third-order valence-electron chi connectivity index (χ3n) is 4.60. The molecule has 3 heterocycles. The fourth-order valence-corrected chi connectivity index (χ4v) is 3.15. The number of hydrogen-bond acceptors (Lipinski definition) is 7. The minimum absolute atomic E-state index is 0. The second-order valence-electron chi connectivity index (χ2n) is 6.23. The van der Waals surface area contributed by atoms with E-state index in [2.05, 4.69) is 25.1 Å². The zero-order valence-corrected chi connectivity index (χ0v) is 17.6. The van der Waals surface area contributed by atoms with Gasteiger partial charge >= 0.3 is 0 Å². The maximum atomic E-state index is 12.1. The topological polar surface area (TPSA) is 96.6 Å². The van der Waals surface area contributed by atoms with Gasteiger partial charge in [0.05, 0.1) is 6.10 Å². The van der Waals surface area contributed by atoms with E-state index in [0.717, 1.165) is 51.5 Å². The Labute approximate surface area is 178 Å². The molecule has 2 fully saturated rings. The van der Waals surface area contributed by atoms with Crippen LogP contribution in [0.25, 0.3) is 0 Å². The fourth-order valence-electron chi connectivity index (χ4n) is 3.15. The van der Waals surface area contributed by atoms with E-state index in [9.17, 15) is 4.79 Å². The Hall–Kier alpha value is -0.900. The molecule has 3 rings (SSSR count). The number of nitrogens with zero attached hydrogens (tertiary/aromatic N) is 4. The number of carbonyl (C=O) groups excluding carboxylic acids is 1. The fraction of sp³-hybridized carbons (Fsp3) is 0.688. The summed E-state index contributed by atoms with van der Waals surface area (Å²) in [6, 6.07) is 1.83. The molecule has 27 heavy (non-hydrogen) atoms. The first-order valence-electron chi connectivity index (χ1n) is 8.64. The largest absolute Gasteiger partial charge is 0.364 e. The Morgan fingerprint density at radius 1 is 1.15 bits per heavy atom. The summed E-state index contributed by atoms with van der Waals surface area (Å²) in [6.07, 6.45) is 4.89. The maximum absolute atomic E-state index is 12.1. The Morgan fingerprint density at radius 2 is 1.81 bits per heavy atom. The predicted molar refractivity (Wildman–Crippen MR) is 112 cm³/mol. The van der Waals surface area contributed by atoms with Crippen molar-refractivity contribution < 1.29 is 9.53 Å². The van der Waals surface area contributed by atoms with Crippen LogP contribution >= 0.6 is 37.2 Å². The van der Waals surface area contributed by atoms with Crippen molar-refractivity contribution in [3.63, 3.8) is 0 Å². The second kappa shape index (κ2) is 13.3. The van der Waals surface area contributed by atoms with Crippen LogP contribution in [0.1, 0.15) is 12.8 Å². The van der Waals surface area contributed by atoms with Crippen molar-refractivity contribution in [2.75, 3.05) is 50.7 Å². The standard InChI is InChI=1S/C16H26N6O2.3ClH/c17-12-13-2-3-14(24-13)15(23)18-6-7-21-8-10-22(11-9-21)16-19-4-1-5-20-16;;;/h1,4-5,13-14H,2-3,6-12,17H2,(H,18,23);3*1H/t13-,14+;;;/m1.../s1. The molecule has 1 aromatic heterocycles. The van der Waals surface area contributed by atoms with Crippen LogP contribution in [0.5, 0.6) is 0 Å². The third-order valence-corrected chi connectivity index (χ3v) is 4.60. The molecule has 3 N–H and O–H groups in total. The second-order valence-corrected chi connectivity index (χ2v) is 6.23. The number of nitrogens with two attached hydrogens (primary N) is 1. The van der Waals surface area contributed by atoms with Crippen LogP contribution in [0.4, 0.5) is 5.95 Å². The number of piperazine rings is 1. The highest BCUT2D eigenvalue weighted by Crippen LogP contribution is 2.18. The van der Waals surface area contributed by atoms with E-state index in [1.165, 1.54) is 0 Å². The summed E-state index contributed by atoms with van der Waals surface area (Å²) in [6.45, 7) is 5.69. The number of carbonyl (C=O) groups is 1. The number of anilines is 1. The van der Waals surface area contributed by atoms with Crippen molar-refractivity contribution in [1.82, 2.24) is 20.2 Å². The first-order chi connectivity index (χ1) is 11.8. The van der Waals surface area contributed by atoms with Crippen LogP contribution in [0.15, 0.2) is 18.5 Å². The molecule has 0 bridgehead atoms. The SMILES string of the molecule is Cl.Cl.Cl.NC[C@H]1CC[C@@H](C(=O)NCCN2CCN(c3ncccn3)CC2)O1. The van der Waals surface area contributed by atoms with Gasteiger partial charge < -0.3 is 20.7 Å². The Bertz CT molecular complexity index is 534. The van der Waals surface area contributed by atoms with Crippen LogP contribution in [0, 0.1) is 0 Å². The summed E-state index contributed by atoms with van der Waals surface area (Å²) < 4.78 is 5.61. The van der Waals surface area contributed by atoms with Crippen molar-refractivity contribution in [2.24, 2.45) is 5.73 Å². The van der Waals surface area contributed by atoms with Gasteiger partial charge in [0.1, 0.15) is 6.10 Å². The van der Waals surface area contributed by atoms with Crippen LogP contribution in [-0.2, 0) is 9.53 Å². The lowest BCUT2D eigenvalue weighted by Crippen LogP contribution is -2.49. The molecule has 2 aliphatic rings. The van der Waals surface area contributed by atoms with E-state index in [4.69, 9.17) is 10.5 Å². The number of halogens is 3. The normalized spacial score (nSPS) is 22.2. The monoisotopic (exact) mass is 442 g/mol. The van der Waals surface area contributed by atoms with E-state index in [0.29, 0.717) is 13.1 Å². The van der Waals surface area contributed by atoms with Gasteiger partial charge in [-0.05, 0) is 18.9 Å². The summed E-state index contributed by atoms with van der Waals surface area (Å²) in [5.74, 6) is 0.778. The smallest absolute Gasteiger partial charge is 0.249 e. The molecular formula is C16H29Cl3N6O2. The lowest BCUT2D eigenvalue weighted by Gasteiger charge is -2.34. The van der Waals surface area contributed by atoms with Crippen molar-refractivity contribution >= 4 is 49.1 Å². The van der Waals surface area contributed by atoms with Gasteiger partial charge in [0.2, 0.25) is 11.9 Å². The summed E-state index contributed by atoms with van der Waals surface area (Å²) in [7, 11) is 0. The van der Waals surface area contributed by atoms with Gasteiger partial charge in [-0.15, -0.1) is 37.2 Å². The molecule has 11 heteroatoms. The average Bonchev–Trinajstić information content (AvgIpc) is 3.12. The van der Waals surface area contributed by atoms with E-state index in [1.807, 2.05) is 6.07 Å². The Balaban J connectivity index is 0.00000225. The first kappa shape index (κ1) is 26.1. The molecule has 2 saturated heterocycles. The van der Waals surface area contributed by atoms with Gasteiger partial charge in [-0.1, -0.05) is 0 Å². The van der Waals surface area contributed by atoms with Gasteiger partial charge in [-0.2, -0.15) is 0 Å². The van der Waals surface area contributed by atoms with Gasteiger partial charge in [-0.25, -0.2) is 9.97 Å². The third kappa shape index (κ3) is 7.56. The van der Waals surface area contributed by atoms with Crippen molar-refractivity contribution in [3.8, 4) is 0 Å². The molecule has 1 amide bonds. The predicted octanol–water partition coefficient (Wildman–Crippen LogP) is 0.486. The van der Waals surface area contributed by atoms with Gasteiger partial charge in [0, 0.05) is 58.2 Å². The molecule has 2 atom stereocenters. The molecule has 0 saturated carbocycles. The molecular weight excluding hydrogens is 415 g/mol. The van der Waals surface area contributed by atoms with Crippen LogP contribution in [0.3, 0.4) is 0 Å². The summed E-state index contributed by atoms with van der Waals surface area (Å²) in [5, 5.41) is 2.97. The lowest BCUT2D eigenvalue weighted by atomic mass is 10.2. The zero-order valence-electron chi connectivity index (χ0n) is 15.2. The zero-order chi connectivity index (χ0) is 16.8. The van der Waals surface area contributed by atoms with Crippen LogP contribution in [-0.4, -0.2) is 78.8 Å². The van der Waals surface area contributed by atoms with Gasteiger partial charge in [0.15, 0.2) is 0 Å². The molecule has 0 aromatic carbocycles. The van der Waals surface area contributed by atoms with E-state index >= 15 is 0 Å². The molecule has 0 aliphatic carbocycles. The minimum atomic E-state index is -0.328. The summed E-state index contributed by atoms with van der Waals surface area (Å²) in [5.41, 5.74) is 5.57. The molecule has 156 valence electrons. The quantitative estimate of drug-likeness (QED) is 0.660. The molecule has 0 unspecified atom stereocenters. The summed E-state index contributed by atoms with van der Waals surface area (Å²) in [4.78, 5) is 25.2. The Morgan fingerprint density at radius 3 is 2.41 bits per heavy atom. The maximum Gasteiger partial charge on any atom is 0.249 e. The van der Waals surface area contributed by atoms with Crippen molar-refractivity contribution in [3.05, 3.63) is 18.5 Å². The van der Waals surface area contributed by atoms with Crippen molar-refractivity contribution in [1.29, 1.82) is 0 Å². The van der Waals surface area contributed by atoms with Crippen LogP contribution in [0.2, 0.25) is 0 Å². The van der Waals surface area contributed by atoms with E-state index in [1.54, 1.807) is 12.4 Å². The van der Waals surface area contributed by atoms with Gasteiger partial charge in [-0.3, -0.25) is 9.69 Å². The lowest BCUT2D eigenvalue weighted by molar-refractivity contribution is -0.131. The minimum Gasteiger partial charge on any atom is -0.364 e. The highest BCUT2D eigenvalue weighted by Gasteiger charge is 2.29. The van der Waals surface area contributed by atoms with E-state index < -0.39 is 0 Å². The highest BCUT2D eigenvalue weighted by atomic mass is 35.5. The number of hydrogen-bond donors (Lipinski definition) is 2. The van der Waals surface area contributed by atoms with Gasteiger partial charge in [0.25, 0.3) is 0 Å². The molecule has 8 nitrogen and oxygen atoms in total. The number of rotatable bonds is 6. The molecule has 1 aromatic rings.